The fourth-order valence-electron chi connectivity index (χ4n) is 2.99. The van der Waals surface area contributed by atoms with E-state index in [4.69, 9.17) is 4.74 Å². The Morgan fingerprint density at radius 2 is 1.90 bits per heavy atom. The van der Waals surface area contributed by atoms with E-state index in [1.165, 1.54) is 13.1 Å². The van der Waals surface area contributed by atoms with Gasteiger partial charge in [-0.2, -0.15) is 5.26 Å². The van der Waals surface area contributed by atoms with Crippen LogP contribution in [-0.2, 0) is 9.53 Å². The summed E-state index contributed by atoms with van der Waals surface area (Å²) in [5.74, 6) is -0.650. The van der Waals surface area contributed by atoms with Gasteiger partial charge >= 0.3 is 0 Å². The summed E-state index contributed by atoms with van der Waals surface area (Å²) in [7, 11) is 0. The van der Waals surface area contributed by atoms with Gasteiger partial charge in [-0.05, 0) is 31.2 Å². The number of ether oxygens (including phenoxy) is 1. The van der Waals surface area contributed by atoms with Gasteiger partial charge < -0.3 is 20.3 Å². The molecule has 2 aromatic carbocycles. The van der Waals surface area contributed by atoms with Gasteiger partial charge in [-0.25, -0.2) is 0 Å². The molecular weight excluding hydrogens is 368 g/mol. The number of nitrogens with one attached hydrogen (secondary N) is 2. The molecular formula is C22H22N4O3. The second-order valence-corrected chi connectivity index (χ2v) is 6.52. The number of hydrogen-bond donors (Lipinski definition) is 2. The molecule has 0 atom stereocenters. The van der Waals surface area contributed by atoms with Crippen molar-refractivity contribution in [1.29, 1.82) is 5.26 Å². The van der Waals surface area contributed by atoms with Crippen molar-refractivity contribution >= 4 is 28.8 Å². The Morgan fingerprint density at radius 3 is 2.62 bits per heavy atom. The number of amides is 1. The van der Waals surface area contributed by atoms with E-state index in [0.29, 0.717) is 24.5 Å². The molecule has 0 aliphatic carbocycles. The smallest absolute Gasteiger partial charge is 0.267 e. The molecule has 1 heterocycles. The number of nitriles is 1. The second-order valence-electron chi connectivity index (χ2n) is 6.52. The van der Waals surface area contributed by atoms with Gasteiger partial charge in [0, 0.05) is 30.5 Å². The van der Waals surface area contributed by atoms with Crippen molar-refractivity contribution in [3.63, 3.8) is 0 Å². The summed E-state index contributed by atoms with van der Waals surface area (Å²) in [6, 6.07) is 16.2. The van der Waals surface area contributed by atoms with Crippen LogP contribution in [0.5, 0.6) is 0 Å². The van der Waals surface area contributed by atoms with Crippen LogP contribution in [0.25, 0.3) is 0 Å². The molecule has 1 fully saturated rings. The number of hydrogen-bond acceptors (Lipinski definition) is 6. The van der Waals surface area contributed by atoms with E-state index in [1.807, 2.05) is 30.3 Å². The molecule has 0 radical (unpaired) electrons. The number of carbonyl (C=O) groups is 2. The summed E-state index contributed by atoms with van der Waals surface area (Å²) in [5.41, 5.74) is 2.66. The maximum Gasteiger partial charge on any atom is 0.267 e. The van der Waals surface area contributed by atoms with Crippen molar-refractivity contribution < 1.29 is 14.3 Å². The van der Waals surface area contributed by atoms with Crippen LogP contribution in [0.15, 0.2) is 60.3 Å². The van der Waals surface area contributed by atoms with Crippen molar-refractivity contribution in [3.05, 3.63) is 65.9 Å². The van der Waals surface area contributed by atoms with E-state index in [1.54, 1.807) is 24.3 Å². The highest BCUT2D eigenvalue weighted by atomic mass is 16.5. The summed E-state index contributed by atoms with van der Waals surface area (Å²) < 4.78 is 5.40. The third-order valence-corrected chi connectivity index (χ3v) is 4.52. The molecule has 0 bridgehead atoms. The van der Waals surface area contributed by atoms with Crippen LogP contribution in [0, 0.1) is 11.3 Å². The summed E-state index contributed by atoms with van der Waals surface area (Å²) in [5, 5.41) is 15.1. The lowest BCUT2D eigenvalue weighted by atomic mass is 10.1. The van der Waals surface area contributed by atoms with Gasteiger partial charge in [0.15, 0.2) is 5.78 Å². The number of Topliss-reactive ketones (excluding diaryl/α,β-unsaturated/α-hetero) is 1. The van der Waals surface area contributed by atoms with Crippen LogP contribution in [0.1, 0.15) is 17.3 Å². The average molecular weight is 390 g/mol. The van der Waals surface area contributed by atoms with Gasteiger partial charge in [-0.1, -0.05) is 24.3 Å². The quantitative estimate of drug-likeness (QED) is 0.447. The third-order valence-electron chi connectivity index (χ3n) is 4.52. The van der Waals surface area contributed by atoms with Crippen LogP contribution in [0.4, 0.5) is 17.1 Å². The summed E-state index contributed by atoms with van der Waals surface area (Å²) >= 11 is 0. The monoisotopic (exact) mass is 390 g/mol. The summed E-state index contributed by atoms with van der Waals surface area (Å²) in [6.07, 6.45) is 1.39. The highest BCUT2D eigenvalue weighted by molar-refractivity contribution is 6.07. The molecule has 2 aromatic rings. The van der Waals surface area contributed by atoms with Crippen molar-refractivity contribution in [2.24, 2.45) is 0 Å². The molecule has 0 unspecified atom stereocenters. The molecule has 29 heavy (non-hydrogen) atoms. The highest BCUT2D eigenvalue weighted by Crippen LogP contribution is 2.26. The lowest BCUT2D eigenvalue weighted by molar-refractivity contribution is -0.112. The molecule has 0 spiro atoms. The number of carbonyl (C=O) groups excluding carboxylic acids is 2. The summed E-state index contributed by atoms with van der Waals surface area (Å²) in [4.78, 5) is 26.2. The van der Waals surface area contributed by atoms with E-state index in [-0.39, 0.29) is 11.4 Å². The minimum Gasteiger partial charge on any atom is -0.378 e. The first-order valence-electron chi connectivity index (χ1n) is 9.29. The zero-order chi connectivity index (χ0) is 20.6. The van der Waals surface area contributed by atoms with E-state index in [0.717, 1.165) is 24.5 Å². The average Bonchev–Trinajstić information content (AvgIpc) is 2.75. The fraction of sp³-hybridized carbons (Fsp3) is 0.227. The third kappa shape index (κ3) is 5.21. The maximum absolute atomic E-state index is 12.5. The zero-order valence-electron chi connectivity index (χ0n) is 16.1. The number of benzene rings is 2. The number of rotatable bonds is 6. The molecule has 2 N–H and O–H groups in total. The molecule has 1 amide bonds. The van der Waals surface area contributed by atoms with Crippen molar-refractivity contribution in [2.45, 2.75) is 6.92 Å². The fourth-order valence-corrected chi connectivity index (χ4v) is 2.99. The van der Waals surface area contributed by atoms with Gasteiger partial charge in [0.2, 0.25) is 0 Å². The minimum absolute atomic E-state index is 0.0741. The maximum atomic E-state index is 12.5. The largest absolute Gasteiger partial charge is 0.378 e. The normalized spacial score (nSPS) is 14.1. The van der Waals surface area contributed by atoms with Crippen LogP contribution in [0.3, 0.4) is 0 Å². The van der Waals surface area contributed by atoms with E-state index >= 15 is 0 Å². The van der Waals surface area contributed by atoms with Crippen molar-refractivity contribution in [3.8, 4) is 6.07 Å². The van der Waals surface area contributed by atoms with E-state index in [2.05, 4.69) is 15.5 Å². The topological polar surface area (TPSA) is 94.5 Å². The summed E-state index contributed by atoms with van der Waals surface area (Å²) in [6.45, 7) is 4.34. The number of nitrogens with zero attached hydrogens (tertiary/aromatic N) is 2. The van der Waals surface area contributed by atoms with Crippen molar-refractivity contribution in [1.82, 2.24) is 0 Å². The molecule has 0 aromatic heterocycles. The molecule has 1 saturated heterocycles. The number of para-hydroxylation sites is 2. The van der Waals surface area contributed by atoms with Crippen molar-refractivity contribution in [2.75, 3.05) is 41.8 Å². The van der Waals surface area contributed by atoms with E-state index in [9.17, 15) is 14.9 Å². The highest BCUT2D eigenvalue weighted by Gasteiger charge is 2.15. The Labute approximate surface area is 169 Å². The van der Waals surface area contributed by atoms with Crippen LogP contribution >= 0.6 is 0 Å². The Bertz CT molecular complexity index is 972. The first-order chi connectivity index (χ1) is 14.1. The van der Waals surface area contributed by atoms with Crippen LogP contribution in [-0.4, -0.2) is 38.0 Å². The Morgan fingerprint density at radius 1 is 1.14 bits per heavy atom. The van der Waals surface area contributed by atoms with Gasteiger partial charge in [0.05, 0.1) is 24.6 Å². The van der Waals surface area contributed by atoms with E-state index < -0.39 is 5.91 Å². The predicted octanol–water partition coefficient (Wildman–Crippen LogP) is 3.18. The zero-order valence-corrected chi connectivity index (χ0v) is 16.1. The number of anilines is 3. The lowest BCUT2D eigenvalue weighted by Crippen LogP contribution is -2.36. The van der Waals surface area contributed by atoms with Crippen LogP contribution in [0.2, 0.25) is 0 Å². The predicted molar refractivity (Wildman–Crippen MR) is 112 cm³/mol. The molecule has 3 rings (SSSR count). The van der Waals surface area contributed by atoms with Gasteiger partial charge in [0.25, 0.3) is 5.91 Å². The lowest BCUT2D eigenvalue weighted by Gasteiger charge is -2.30. The van der Waals surface area contributed by atoms with Gasteiger partial charge in [-0.3, -0.25) is 9.59 Å². The first-order valence-corrected chi connectivity index (χ1v) is 9.29. The van der Waals surface area contributed by atoms with Crippen LogP contribution < -0.4 is 15.5 Å². The number of morpholine rings is 1. The molecule has 7 nitrogen and oxygen atoms in total. The Balaban J connectivity index is 1.74. The minimum atomic E-state index is -0.551. The molecule has 148 valence electrons. The molecule has 7 heteroatoms. The molecule has 1 aliphatic rings. The SMILES string of the molecule is CC(=O)c1cccc(NC(=O)/C(C#N)=C\Nc2ccccc2N2CCOCC2)c1. The molecule has 0 saturated carbocycles. The standard InChI is InChI=1S/C22H22N4O3/c1-16(27)17-5-4-6-19(13-17)25-22(28)18(14-23)15-24-20-7-2-3-8-21(20)26-9-11-29-12-10-26/h2-8,13,15,24H,9-12H2,1H3,(H,25,28)/b18-15-. The molecule has 1 aliphatic heterocycles. The Hall–Kier alpha value is -3.63. The first kappa shape index (κ1) is 20.1. The second kappa shape index (κ2) is 9.53. The Kier molecular flexibility index (Phi) is 6.61. The number of ketones is 1. The van der Waals surface area contributed by atoms with Gasteiger partial charge in [-0.15, -0.1) is 0 Å². The van der Waals surface area contributed by atoms with Gasteiger partial charge in [0.1, 0.15) is 11.6 Å².